The van der Waals surface area contributed by atoms with Crippen molar-refractivity contribution in [3.8, 4) is 0 Å². The van der Waals surface area contributed by atoms with Crippen LogP contribution in [0.15, 0.2) is 48.5 Å². The molecule has 0 spiro atoms. The van der Waals surface area contributed by atoms with E-state index >= 15 is 0 Å². The lowest BCUT2D eigenvalue weighted by Crippen LogP contribution is -2.44. The van der Waals surface area contributed by atoms with Gasteiger partial charge in [-0.1, -0.05) is 24.3 Å². The molecule has 0 atom stereocenters. The van der Waals surface area contributed by atoms with Gasteiger partial charge in [-0.25, -0.2) is 0 Å². The number of para-hydroxylation sites is 2. The minimum atomic E-state index is -4.39. The van der Waals surface area contributed by atoms with Gasteiger partial charge in [0.15, 0.2) is 0 Å². The molecule has 0 radical (unpaired) electrons. The van der Waals surface area contributed by atoms with Gasteiger partial charge < -0.3 is 15.5 Å². The lowest BCUT2D eigenvalue weighted by molar-refractivity contribution is -0.137. The van der Waals surface area contributed by atoms with E-state index in [0.717, 1.165) is 55.6 Å². The van der Waals surface area contributed by atoms with E-state index in [1.807, 2.05) is 31.3 Å². The van der Waals surface area contributed by atoms with Gasteiger partial charge in [0, 0.05) is 19.1 Å². The van der Waals surface area contributed by atoms with E-state index in [1.165, 1.54) is 12.1 Å². The van der Waals surface area contributed by atoms with Crippen LogP contribution in [0.5, 0.6) is 0 Å². The second-order valence-electron chi connectivity index (χ2n) is 7.72. The number of nitrogens with one attached hydrogen (secondary N) is 2. The van der Waals surface area contributed by atoms with E-state index in [4.69, 9.17) is 0 Å². The molecule has 2 aromatic carbocycles. The SMILES string of the molecule is CNc1ccccc1N(C=O)C1CCC(NC(=O)Cc2ccc(C(F)(F)F)cc2)CC1. The minimum Gasteiger partial charge on any atom is -0.386 e. The Morgan fingerprint density at radius 2 is 1.71 bits per heavy atom. The Bertz CT molecular complexity index is 892. The first kappa shape index (κ1) is 22.7. The summed E-state index contributed by atoms with van der Waals surface area (Å²) in [7, 11) is 1.81. The summed E-state index contributed by atoms with van der Waals surface area (Å²) in [6.07, 6.45) is -0.532. The van der Waals surface area contributed by atoms with Crippen molar-refractivity contribution in [3.63, 3.8) is 0 Å². The summed E-state index contributed by atoms with van der Waals surface area (Å²) in [5.41, 5.74) is 1.51. The third kappa shape index (κ3) is 5.77. The van der Waals surface area contributed by atoms with Gasteiger partial charge in [-0.05, 0) is 55.5 Å². The molecule has 31 heavy (non-hydrogen) atoms. The number of benzene rings is 2. The van der Waals surface area contributed by atoms with Crippen molar-refractivity contribution in [2.45, 2.75) is 50.4 Å². The number of rotatable bonds is 7. The van der Waals surface area contributed by atoms with Crippen LogP contribution in [0.4, 0.5) is 24.5 Å². The van der Waals surface area contributed by atoms with E-state index in [1.54, 1.807) is 4.90 Å². The quantitative estimate of drug-likeness (QED) is 0.637. The molecule has 2 aromatic rings. The number of halogens is 3. The fourth-order valence-corrected chi connectivity index (χ4v) is 4.02. The second-order valence-corrected chi connectivity index (χ2v) is 7.72. The summed E-state index contributed by atoms with van der Waals surface area (Å²) in [4.78, 5) is 25.9. The van der Waals surface area contributed by atoms with Crippen LogP contribution in [0.1, 0.15) is 36.8 Å². The molecule has 0 aliphatic heterocycles. The Balaban J connectivity index is 1.52. The minimum absolute atomic E-state index is 0.00811. The summed E-state index contributed by atoms with van der Waals surface area (Å²) in [5.74, 6) is -0.212. The summed E-state index contributed by atoms with van der Waals surface area (Å²) in [5, 5.41) is 6.07. The molecule has 0 aromatic heterocycles. The number of amides is 2. The number of anilines is 2. The number of hydrogen-bond acceptors (Lipinski definition) is 3. The molecule has 0 bridgehead atoms. The van der Waals surface area contributed by atoms with Crippen LogP contribution in [-0.4, -0.2) is 31.4 Å². The van der Waals surface area contributed by atoms with Crippen molar-refractivity contribution in [2.75, 3.05) is 17.3 Å². The predicted molar refractivity (Wildman–Crippen MR) is 114 cm³/mol. The van der Waals surface area contributed by atoms with Gasteiger partial charge in [-0.3, -0.25) is 9.59 Å². The first-order valence-corrected chi connectivity index (χ1v) is 10.3. The number of carbonyl (C=O) groups excluding carboxylic acids is 2. The van der Waals surface area contributed by atoms with Crippen molar-refractivity contribution in [3.05, 3.63) is 59.7 Å². The predicted octanol–water partition coefficient (Wildman–Crippen LogP) is 4.38. The lowest BCUT2D eigenvalue weighted by Gasteiger charge is -2.35. The largest absolute Gasteiger partial charge is 0.416 e. The molecule has 1 aliphatic carbocycles. The Morgan fingerprint density at radius 1 is 1.06 bits per heavy atom. The molecule has 2 N–H and O–H groups in total. The Morgan fingerprint density at radius 3 is 2.29 bits per heavy atom. The molecule has 1 fully saturated rings. The second kappa shape index (κ2) is 9.85. The fourth-order valence-electron chi connectivity index (χ4n) is 4.02. The van der Waals surface area contributed by atoms with Crippen LogP contribution in [0.3, 0.4) is 0 Å². The van der Waals surface area contributed by atoms with Gasteiger partial charge >= 0.3 is 6.18 Å². The van der Waals surface area contributed by atoms with E-state index in [0.29, 0.717) is 5.56 Å². The lowest BCUT2D eigenvalue weighted by atomic mass is 9.89. The first-order chi connectivity index (χ1) is 14.8. The van der Waals surface area contributed by atoms with E-state index in [9.17, 15) is 22.8 Å². The summed E-state index contributed by atoms with van der Waals surface area (Å²) in [6.45, 7) is 0. The summed E-state index contributed by atoms with van der Waals surface area (Å²) < 4.78 is 37.9. The van der Waals surface area contributed by atoms with Crippen LogP contribution in [-0.2, 0) is 22.2 Å². The Labute approximate surface area is 179 Å². The maximum atomic E-state index is 12.6. The van der Waals surface area contributed by atoms with Gasteiger partial charge in [-0.2, -0.15) is 13.2 Å². The summed E-state index contributed by atoms with van der Waals surface area (Å²) >= 11 is 0. The van der Waals surface area contributed by atoms with Crippen LogP contribution >= 0.6 is 0 Å². The zero-order valence-electron chi connectivity index (χ0n) is 17.3. The van der Waals surface area contributed by atoms with Crippen molar-refractivity contribution < 1.29 is 22.8 Å². The van der Waals surface area contributed by atoms with Gasteiger partial charge in [0.2, 0.25) is 12.3 Å². The molecule has 166 valence electrons. The molecule has 0 heterocycles. The average Bonchev–Trinajstić information content (AvgIpc) is 2.75. The molecule has 5 nitrogen and oxygen atoms in total. The summed E-state index contributed by atoms with van der Waals surface area (Å²) in [6, 6.07) is 12.3. The van der Waals surface area contributed by atoms with Crippen LogP contribution in [0.2, 0.25) is 0 Å². The van der Waals surface area contributed by atoms with E-state index < -0.39 is 11.7 Å². The zero-order valence-corrected chi connectivity index (χ0v) is 17.3. The molecule has 3 rings (SSSR count). The number of nitrogens with zero attached hydrogens (tertiary/aromatic N) is 1. The molecule has 1 saturated carbocycles. The molecule has 8 heteroatoms. The van der Waals surface area contributed by atoms with Crippen LogP contribution in [0, 0.1) is 0 Å². The van der Waals surface area contributed by atoms with Gasteiger partial charge in [0.25, 0.3) is 0 Å². The molecule has 2 amide bonds. The van der Waals surface area contributed by atoms with Gasteiger partial charge in [0.1, 0.15) is 0 Å². The monoisotopic (exact) mass is 433 g/mol. The maximum Gasteiger partial charge on any atom is 0.416 e. The van der Waals surface area contributed by atoms with Crippen molar-refractivity contribution in [2.24, 2.45) is 0 Å². The highest BCUT2D eigenvalue weighted by atomic mass is 19.4. The Hall–Kier alpha value is -3.03. The average molecular weight is 433 g/mol. The third-order valence-electron chi connectivity index (χ3n) is 5.67. The van der Waals surface area contributed by atoms with Gasteiger partial charge in [-0.15, -0.1) is 0 Å². The maximum absolute atomic E-state index is 12.6. The van der Waals surface area contributed by atoms with Crippen LogP contribution < -0.4 is 15.5 Å². The fraction of sp³-hybridized carbons (Fsp3) is 0.391. The molecule has 1 aliphatic rings. The Kier molecular flexibility index (Phi) is 7.20. The van der Waals surface area contributed by atoms with Crippen molar-refractivity contribution in [1.82, 2.24) is 5.32 Å². The topological polar surface area (TPSA) is 61.4 Å². The van der Waals surface area contributed by atoms with Crippen LogP contribution in [0.25, 0.3) is 0 Å². The highest BCUT2D eigenvalue weighted by Gasteiger charge is 2.30. The van der Waals surface area contributed by atoms with E-state index in [-0.39, 0.29) is 24.4 Å². The van der Waals surface area contributed by atoms with E-state index in [2.05, 4.69) is 10.6 Å². The zero-order chi connectivity index (χ0) is 22.4. The highest BCUT2D eigenvalue weighted by molar-refractivity contribution is 5.84. The molecular weight excluding hydrogens is 407 g/mol. The number of carbonyl (C=O) groups is 2. The molecule has 0 unspecified atom stereocenters. The standard InChI is InChI=1S/C23H26F3N3O2/c1-27-20-4-2-3-5-21(20)29(15-30)19-12-10-18(11-13-19)28-22(31)14-16-6-8-17(9-7-16)23(24,25)26/h2-9,15,18-19,27H,10-14H2,1H3,(H,28,31). The normalized spacial score (nSPS) is 18.8. The molecule has 0 saturated heterocycles. The van der Waals surface area contributed by atoms with Gasteiger partial charge in [0.05, 0.1) is 23.4 Å². The first-order valence-electron chi connectivity index (χ1n) is 10.3. The van der Waals surface area contributed by atoms with Crippen molar-refractivity contribution in [1.29, 1.82) is 0 Å². The number of hydrogen-bond donors (Lipinski definition) is 2. The number of alkyl halides is 3. The highest BCUT2D eigenvalue weighted by Crippen LogP contribution is 2.31. The van der Waals surface area contributed by atoms with Crippen molar-refractivity contribution >= 4 is 23.7 Å². The smallest absolute Gasteiger partial charge is 0.386 e. The molecular formula is C23H26F3N3O2. The third-order valence-corrected chi connectivity index (χ3v) is 5.67.